The van der Waals surface area contributed by atoms with Crippen molar-refractivity contribution in [2.45, 2.75) is 19.9 Å². The van der Waals surface area contributed by atoms with E-state index in [1.54, 1.807) is 29.2 Å². The predicted molar refractivity (Wildman–Crippen MR) is 117 cm³/mol. The van der Waals surface area contributed by atoms with Crippen molar-refractivity contribution in [2.75, 3.05) is 18.5 Å². The molecular formula is C25H24N2O3. The van der Waals surface area contributed by atoms with Crippen LogP contribution in [-0.4, -0.2) is 29.9 Å². The Morgan fingerprint density at radius 1 is 1.07 bits per heavy atom. The summed E-state index contributed by atoms with van der Waals surface area (Å²) in [5.74, 6) is 0.303. The minimum atomic E-state index is -0.376. The molecule has 0 aliphatic carbocycles. The van der Waals surface area contributed by atoms with E-state index in [4.69, 9.17) is 4.74 Å². The number of aryl methyl sites for hydroxylation is 1. The monoisotopic (exact) mass is 400 g/mol. The minimum Gasteiger partial charge on any atom is -0.494 e. The largest absolute Gasteiger partial charge is 0.494 e. The van der Waals surface area contributed by atoms with Crippen LogP contribution in [-0.2, 0) is 4.79 Å². The first-order valence-corrected chi connectivity index (χ1v) is 10.1. The van der Waals surface area contributed by atoms with Crippen LogP contribution in [0.2, 0.25) is 0 Å². The molecule has 0 saturated heterocycles. The Morgan fingerprint density at radius 2 is 1.80 bits per heavy atom. The molecule has 5 nitrogen and oxygen atoms in total. The van der Waals surface area contributed by atoms with Crippen molar-refractivity contribution in [3.63, 3.8) is 0 Å². The Bertz CT molecular complexity index is 1060. The number of benzene rings is 3. The number of nitrogens with zero attached hydrogens (tertiary/aromatic N) is 1. The number of fused-ring (bicyclic) bond motifs is 1. The summed E-state index contributed by atoms with van der Waals surface area (Å²) in [5, 5.41) is 2.96. The fourth-order valence-corrected chi connectivity index (χ4v) is 3.84. The van der Waals surface area contributed by atoms with Crippen molar-refractivity contribution < 1.29 is 14.3 Å². The first kappa shape index (κ1) is 19.7. The average molecular weight is 400 g/mol. The molecule has 1 aliphatic heterocycles. The van der Waals surface area contributed by atoms with Crippen molar-refractivity contribution in [2.24, 2.45) is 0 Å². The van der Waals surface area contributed by atoms with Crippen LogP contribution in [0.3, 0.4) is 0 Å². The van der Waals surface area contributed by atoms with Crippen LogP contribution in [0.15, 0.2) is 72.8 Å². The molecule has 2 amide bonds. The molecule has 0 radical (unpaired) electrons. The number of hydrogen-bond donors (Lipinski definition) is 1. The first-order chi connectivity index (χ1) is 14.6. The van der Waals surface area contributed by atoms with Crippen LogP contribution in [0.4, 0.5) is 5.69 Å². The van der Waals surface area contributed by atoms with Gasteiger partial charge in [-0.05, 0) is 49.7 Å². The number of hydrogen-bond acceptors (Lipinski definition) is 3. The van der Waals surface area contributed by atoms with Gasteiger partial charge in [-0.25, -0.2) is 0 Å². The smallest absolute Gasteiger partial charge is 0.255 e. The maximum absolute atomic E-state index is 13.6. The van der Waals surface area contributed by atoms with Crippen LogP contribution in [0.1, 0.15) is 40.0 Å². The summed E-state index contributed by atoms with van der Waals surface area (Å²) in [7, 11) is 0. The molecule has 0 fully saturated rings. The number of anilines is 1. The van der Waals surface area contributed by atoms with Crippen molar-refractivity contribution >= 4 is 17.5 Å². The highest BCUT2D eigenvalue weighted by molar-refractivity contribution is 6.01. The van der Waals surface area contributed by atoms with Gasteiger partial charge in [0.15, 0.2) is 0 Å². The third-order valence-electron chi connectivity index (χ3n) is 5.19. The van der Waals surface area contributed by atoms with E-state index in [2.05, 4.69) is 5.32 Å². The first-order valence-electron chi connectivity index (χ1n) is 10.1. The van der Waals surface area contributed by atoms with Gasteiger partial charge in [-0.3, -0.25) is 9.59 Å². The highest BCUT2D eigenvalue weighted by atomic mass is 16.5. The lowest BCUT2D eigenvalue weighted by atomic mass is 9.94. The van der Waals surface area contributed by atoms with Gasteiger partial charge in [0.25, 0.3) is 5.91 Å². The standard InChI is InChI=1S/C25H24N2O3/c1-3-30-20-12-10-19(11-13-20)25(29)27-16-23(28)26-22-14-9-17(2)15-21(22)24(27)18-7-5-4-6-8-18/h4-15,24H,3,16H2,1-2H3,(H,26,28)/t24-/m0/s1. The Labute approximate surface area is 176 Å². The normalized spacial score (nSPS) is 15.7. The molecule has 0 bridgehead atoms. The van der Waals surface area contributed by atoms with Crippen LogP contribution >= 0.6 is 0 Å². The van der Waals surface area contributed by atoms with Crippen molar-refractivity contribution in [1.82, 2.24) is 4.90 Å². The number of amides is 2. The van der Waals surface area contributed by atoms with E-state index in [1.807, 2.05) is 62.4 Å². The molecule has 0 aromatic heterocycles. The van der Waals surface area contributed by atoms with Crippen LogP contribution in [0, 0.1) is 6.92 Å². The second-order valence-electron chi connectivity index (χ2n) is 7.34. The highest BCUT2D eigenvalue weighted by Crippen LogP contribution is 2.37. The Balaban J connectivity index is 1.81. The molecule has 0 spiro atoms. The van der Waals surface area contributed by atoms with Crippen LogP contribution < -0.4 is 10.1 Å². The molecule has 1 heterocycles. The van der Waals surface area contributed by atoms with E-state index in [-0.39, 0.29) is 24.4 Å². The summed E-state index contributed by atoms with van der Waals surface area (Å²) in [6.07, 6.45) is 0. The lowest BCUT2D eigenvalue weighted by molar-refractivity contribution is -0.117. The van der Waals surface area contributed by atoms with Gasteiger partial charge in [-0.2, -0.15) is 0 Å². The fourth-order valence-electron chi connectivity index (χ4n) is 3.84. The molecule has 1 aliphatic rings. The van der Waals surface area contributed by atoms with E-state index < -0.39 is 0 Å². The Hall–Kier alpha value is -3.60. The summed E-state index contributed by atoms with van der Waals surface area (Å²) in [6, 6.07) is 22.4. The number of nitrogens with one attached hydrogen (secondary N) is 1. The number of ether oxygens (including phenoxy) is 1. The van der Waals surface area contributed by atoms with Crippen LogP contribution in [0.5, 0.6) is 5.75 Å². The molecule has 5 heteroatoms. The zero-order valence-corrected chi connectivity index (χ0v) is 17.1. The van der Waals surface area contributed by atoms with Crippen LogP contribution in [0.25, 0.3) is 0 Å². The molecule has 0 unspecified atom stereocenters. The second-order valence-corrected chi connectivity index (χ2v) is 7.34. The minimum absolute atomic E-state index is 0.0284. The molecule has 3 aromatic carbocycles. The van der Waals surface area contributed by atoms with E-state index in [9.17, 15) is 9.59 Å². The lowest BCUT2D eigenvalue weighted by Crippen LogP contribution is -2.39. The van der Waals surface area contributed by atoms with Gasteiger partial charge in [0.2, 0.25) is 5.91 Å². The zero-order chi connectivity index (χ0) is 21.1. The predicted octanol–water partition coefficient (Wildman–Crippen LogP) is 4.58. The number of rotatable bonds is 4. The summed E-state index contributed by atoms with van der Waals surface area (Å²) >= 11 is 0. The van der Waals surface area contributed by atoms with Gasteiger partial charge in [-0.1, -0.05) is 48.0 Å². The van der Waals surface area contributed by atoms with Crippen molar-refractivity contribution in [3.8, 4) is 5.75 Å². The van der Waals surface area contributed by atoms with E-state index >= 15 is 0 Å². The van der Waals surface area contributed by atoms with E-state index in [0.29, 0.717) is 17.9 Å². The fraction of sp³-hybridized carbons (Fsp3) is 0.200. The highest BCUT2D eigenvalue weighted by Gasteiger charge is 2.33. The molecule has 1 atom stereocenters. The zero-order valence-electron chi connectivity index (χ0n) is 17.1. The topological polar surface area (TPSA) is 58.6 Å². The Kier molecular flexibility index (Phi) is 5.53. The molecule has 0 saturated carbocycles. The van der Waals surface area contributed by atoms with Gasteiger partial charge in [0, 0.05) is 16.8 Å². The van der Waals surface area contributed by atoms with Gasteiger partial charge in [0.1, 0.15) is 12.3 Å². The molecule has 3 aromatic rings. The molecule has 152 valence electrons. The second kappa shape index (κ2) is 8.41. The quantitative estimate of drug-likeness (QED) is 0.698. The third kappa shape index (κ3) is 3.92. The molecule has 4 rings (SSSR count). The van der Waals surface area contributed by atoms with E-state index in [1.165, 1.54) is 0 Å². The van der Waals surface area contributed by atoms with Gasteiger partial charge >= 0.3 is 0 Å². The molecular weight excluding hydrogens is 376 g/mol. The van der Waals surface area contributed by atoms with Gasteiger partial charge in [-0.15, -0.1) is 0 Å². The lowest BCUT2D eigenvalue weighted by Gasteiger charge is -2.31. The summed E-state index contributed by atoms with van der Waals surface area (Å²) in [5.41, 5.74) is 4.19. The maximum atomic E-state index is 13.6. The summed E-state index contributed by atoms with van der Waals surface area (Å²) < 4.78 is 5.48. The van der Waals surface area contributed by atoms with Crippen molar-refractivity contribution in [3.05, 3.63) is 95.1 Å². The summed E-state index contributed by atoms with van der Waals surface area (Å²) in [6.45, 7) is 4.46. The van der Waals surface area contributed by atoms with Crippen molar-refractivity contribution in [1.29, 1.82) is 0 Å². The number of carbonyl (C=O) groups excluding carboxylic acids is 2. The summed E-state index contributed by atoms with van der Waals surface area (Å²) in [4.78, 5) is 27.9. The average Bonchev–Trinajstić information content (AvgIpc) is 2.90. The molecule has 1 N–H and O–H groups in total. The number of carbonyl (C=O) groups is 2. The van der Waals surface area contributed by atoms with Gasteiger partial charge in [0.05, 0.1) is 12.6 Å². The SMILES string of the molecule is CCOc1ccc(C(=O)N2CC(=O)Nc3ccc(C)cc3[C@@H]2c2ccccc2)cc1. The third-order valence-corrected chi connectivity index (χ3v) is 5.19. The van der Waals surface area contributed by atoms with Gasteiger partial charge < -0.3 is 15.0 Å². The van der Waals surface area contributed by atoms with E-state index in [0.717, 1.165) is 22.4 Å². The maximum Gasteiger partial charge on any atom is 0.255 e. The molecule has 30 heavy (non-hydrogen) atoms. The Morgan fingerprint density at radius 3 is 2.50 bits per heavy atom.